The fraction of sp³-hybridized carbons (Fsp3) is 0.588. The van der Waals surface area contributed by atoms with Crippen molar-refractivity contribution >= 4 is 17.3 Å². The van der Waals surface area contributed by atoms with Gasteiger partial charge in [-0.1, -0.05) is 25.3 Å². The number of anilines is 2. The van der Waals surface area contributed by atoms with Crippen LogP contribution in [-0.2, 0) is 4.74 Å². The lowest BCUT2D eigenvalue weighted by molar-refractivity contribution is 0.0601. The lowest BCUT2D eigenvalue weighted by atomic mass is 9.73. The zero-order valence-corrected chi connectivity index (χ0v) is 12.9. The number of esters is 1. The van der Waals surface area contributed by atoms with E-state index in [1.807, 2.05) is 12.1 Å². The Balaban J connectivity index is 1.96. The molecule has 1 aromatic rings. The maximum atomic E-state index is 12.0. The van der Waals surface area contributed by atoms with Crippen LogP contribution in [0.1, 0.15) is 42.5 Å². The van der Waals surface area contributed by atoms with E-state index >= 15 is 0 Å². The molecule has 0 unspecified atom stereocenters. The van der Waals surface area contributed by atoms with Gasteiger partial charge in [0.1, 0.15) is 0 Å². The predicted molar refractivity (Wildman–Crippen MR) is 85.1 cm³/mol. The third-order valence-corrected chi connectivity index (χ3v) is 4.96. The minimum absolute atomic E-state index is 0.264. The molecule has 4 nitrogen and oxygen atoms in total. The summed E-state index contributed by atoms with van der Waals surface area (Å²) >= 11 is 0. The van der Waals surface area contributed by atoms with E-state index in [0.717, 1.165) is 24.5 Å². The predicted octanol–water partition coefficient (Wildman–Crippen LogP) is 3.29. The molecule has 1 aliphatic heterocycles. The van der Waals surface area contributed by atoms with E-state index in [-0.39, 0.29) is 5.97 Å². The highest BCUT2D eigenvalue weighted by Crippen LogP contribution is 2.42. The van der Waals surface area contributed by atoms with E-state index in [0.29, 0.717) is 11.0 Å². The second kappa shape index (κ2) is 5.58. The van der Waals surface area contributed by atoms with Gasteiger partial charge in [-0.25, -0.2) is 4.79 Å². The van der Waals surface area contributed by atoms with Crippen LogP contribution in [0.4, 0.5) is 11.4 Å². The Morgan fingerprint density at radius 1 is 1.29 bits per heavy atom. The topological polar surface area (TPSA) is 41.6 Å². The molecule has 4 heteroatoms. The normalized spacial score (nSPS) is 20.4. The quantitative estimate of drug-likeness (QED) is 0.805. The number of nitrogens with zero attached hydrogens (tertiary/aromatic N) is 1. The van der Waals surface area contributed by atoms with Crippen LogP contribution in [0.5, 0.6) is 0 Å². The molecule has 1 fully saturated rings. The van der Waals surface area contributed by atoms with Crippen LogP contribution in [-0.4, -0.2) is 33.2 Å². The molecule has 0 bridgehead atoms. The van der Waals surface area contributed by atoms with Crippen molar-refractivity contribution < 1.29 is 9.53 Å². The van der Waals surface area contributed by atoms with Crippen LogP contribution in [0.25, 0.3) is 0 Å². The van der Waals surface area contributed by atoms with Gasteiger partial charge in [0.25, 0.3) is 0 Å². The molecule has 0 atom stereocenters. The van der Waals surface area contributed by atoms with Gasteiger partial charge in [0.15, 0.2) is 0 Å². The first kappa shape index (κ1) is 14.2. The minimum Gasteiger partial charge on any atom is -0.465 e. The molecular formula is C17H24N2O2. The zero-order chi connectivity index (χ0) is 14.9. The van der Waals surface area contributed by atoms with Gasteiger partial charge < -0.3 is 15.0 Å². The van der Waals surface area contributed by atoms with Gasteiger partial charge >= 0.3 is 5.97 Å². The fourth-order valence-electron chi connectivity index (χ4n) is 3.93. The summed E-state index contributed by atoms with van der Waals surface area (Å²) in [6.07, 6.45) is 6.52. The number of nitrogens with one attached hydrogen (secondary N) is 1. The Morgan fingerprint density at radius 3 is 2.76 bits per heavy atom. The van der Waals surface area contributed by atoms with E-state index in [2.05, 4.69) is 23.3 Å². The van der Waals surface area contributed by atoms with Gasteiger partial charge in [-0.3, -0.25) is 0 Å². The molecule has 1 aliphatic carbocycles. The van der Waals surface area contributed by atoms with Crippen molar-refractivity contribution in [2.24, 2.45) is 5.41 Å². The number of fused-ring (bicyclic) bond motifs is 1. The van der Waals surface area contributed by atoms with Gasteiger partial charge in [0.2, 0.25) is 0 Å². The SMILES string of the molecule is COC(=O)c1cccc2c1N(C)CC1(CCCCC1)CN2. The molecule has 1 N–H and O–H groups in total. The Hall–Kier alpha value is -1.71. The second-order valence-corrected chi connectivity index (χ2v) is 6.46. The lowest BCUT2D eigenvalue weighted by Crippen LogP contribution is -2.40. The van der Waals surface area contributed by atoms with Crippen LogP contribution in [0.3, 0.4) is 0 Å². The molecule has 3 rings (SSSR count). The highest BCUT2D eigenvalue weighted by molar-refractivity contribution is 5.99. The molecule has 2 aliphatic rings. The van der Waals surface area contributed by atoms with E-state index in [1.165, 1.54) is 39.2 Å². The first-order chi connectivity index (χ1) is 10.2. The van der Waals surface area contributed by atoms with Crippen LogP contribution in [0, 0.1) is 5.41 Å². The summed E-state index contributed by atoms with van der Waals surface area (Å²) in [5.41, 5.74) is 3.01. The smallest absolute Gasteiger partial charge is 0.340 e. The molecule has 0 radical (unpaired) electrons. The molecule has 0 aromatic heterocycles. The summed E-state index contributed by atoms with van der Waals surface area (Å²) in [4.78, 5) is 14.3. The summed E-state index contributed by atoms with van der Waals surface area (Å²) in [6.45, 7) is 2.00. The van der Waals surface area contributed by atoms with E-state index < -0.39 is 0 Å². The average Bonchev–Trinajstić information content (AvgIpc) is 2.65. The number of carbonyl (C=O) groups excluding carboxylic acids is 1. The number of hydrogen-bond donors (Lipinski definition) is 1. The summed E-state index contributed by atoms with van der Waals surface area (Å²) < 4.78 is 4.94. The molecular weight excluding hydrogens is 264 g/mol. The zero-order valence-electron chi connectivity index (χ0n) is 12.9. The summed E-state index contributed by atoms with van der Waals surface area (Å²) in [5, 5.41) is 3.59. The first-order valence-corrected chi connectivity index (χ1v) is 7.82. The summed E-state index contributed by atoms with van der Waals surface area (Å²) in [6, 6.07) is 5.83. The lowest BCUT2D eigenvalue weighted by Gasteiger charge is -2.38. The van der Waals surface area contributed by atoms with Crippen molar-refractivity contribution in [3.8, 4) is 0 Å². The highest BCUT2D eigenvalue weighted by Gasteiger charge is 2.36. The first-order valence-electron chi connectivity index (χ1n) is 7.82. The Labute approximate surface area is 126 Å². The molecule has 0 amide bonds. The van der Waals surface area contributed by atoms with Gasteiger partial charge in [-0.05, 0) is 25.0 Å². The maximum Gasteiger partial charge on any atom is 0.340 e. The van der Waals surface area contributed by atoms with Crippen LogP contribution < -0.4 is 10.2 Å². The number of rotatable bonds is 1. The van der Waals surface area contributed by atoms with Gasteiger partial charge in [0, 0.05) is 25.6 Å². The molecule has 0 saturated heterocycles. The van der Waals surface area contributed by atoms with Crippen LogP contribution in [0.2, 0.25) is 0 Å². The van der Waals surface area contributed by atoms with Crippen molar-refractivity contribution in [3.63, 3.8) is 0 Å². The van der Waals surface area contributed by atoms with Gasteiger partial charge in [-0.15, -0.1) is 0 Å². The van der Waals surface area contributed by atoms with Crippen molar-refractivity contribution in [3.05, 3.63) is 23.8 Å². The maximum absolute atomic E-state index is 12.0. The molecule has 21 heavy (non-hydrogen) atoms. The van der Waals surface area contributed by atoms with Crippen LogP contribution in [0.15, 0.2) is 18.2 Å². The van der Waals surface area contributed by atoms with Gasteiger partial charge in [-0.2, -0.15) is 0 Å². The van der Waals surface area contributed by atoms with Crippen molar-refractivity contribution in [1.29, 1.82) is 0 Å². The molecule has 114 valence electrons. The minimum atomic E-state index is -0.264. The number of benzene rings is 1. The molecule has 1 heterocycles. The Kier molecular flexibility index (Phi) is 3.79. The molecule has 1 aromatic carbocycles. The number of para-hydroxylation sites is 1. The molecule has 1 spiro atoms. The third kappa shape index (κ3) is 2.59. The van der Waals surface area contributed by atoms with E-state index in [9.17, 15) is 4.79 Å². The van der Waals surface area contributed by atoms with E-state index in [1.54, 1.807) is 0 Å². The number of ether oxygens (including phenoxy) is 1. The highest BCUT2D eigenvalue weighted by atomic mass is 16.5. The monoisotopic (exact) mass is 288 g/mol. The largest absolute Gasteiger partial charge is 0.465 e. The summed E-state index contributed by atoms with van der Waals surface area (Å²) in [7, 11) is 3.53. The van der Waals surface area contributed by atoms with Crippen molar-refractivity contribution in [2.45, 2.75) is 32.1 Å². The number of carbonyl (C=O) groups is 1. The molecule has 1 saturated carbocycles. The van der Waals surface area contributed by atoms with Crippen molar-refractivity contribution in [1.82, 2.24) is 0 Å². The number of hydrogen-bond acceptors (Lipinski definition) is 4. The van der Waals surface area contributed by atoms with Crippen LogP contribution >= 0.6 is 0 Å². The average molecular weight is 288 g/mol. The van der Waals surface area contributed by atoms with Crippen molar-refractivity contribution in [2.75, 3.05) is 37.5 Å². The standard InChI is InChI=1S/C17H24N2O2/c1-19-12-17(9-4-3-5-10-17)11-18-14-8-6-7-13(15(14)19)16(20)21-2/h6-8,18H,3-5,9-12H2,1-2H3. The Morgan fingerprint density at radius 2 is 2.05 bits per heavy atom. The number of methoxy groups -OCH3 is 1. The third-order valence-electron chi connectivity index (χ3n) is 4.96. The fourth-order valence-corrected chi connectivity index (χ4v) is 3.93. The Bertz CT molecular complexity index is 536. The summed E-state index contributed by atoms with van der Waals surface area (Å²) in [5.74, 6) is -0.264. The van der Waals surface area contributed by atoms with Gasteiger partial charge in [0.05, 0.1) is 24.0 Å². The second-order valence-electron chi connectivity index (χ2n) is 6.46. The van der Waals surface area contributed by atoms with E-state index in [4.69, 9.17) is 4.74 Å².